The van der Waals surface area contributed by atoms with Gasteiger partial charge in [0.15, 0.2) is 0 Å². The molecular formula is C16H31N. The van der Waals surface area contributed by atoms with Gasteiger partial charge in [0.1, 0.15) is 0 Å². The van der Waals surface area contributed by atoms with E-state index in [1.807, 2.05) is 0 Å². The average Bonchev–Trinajstić information content (AvgIpc) is 2.57. The van der Waals surface area contributed by atoms with Crippen molar-refractivity contribution in [2.75, 3.05) is 0 Å². The largest absolute Gasteiger partial charge is 0.311 e. The molecule has 17 heavy (non-hydrogen) atoms. The highest BCUT2D eigenvalue weighted by Crippen LogP contribution is 2.28. The highest BCUT2D eigenvalue weighted by atomic mass is 14.9. The summed E-state index contributed by atoms with van der Waals surface area (Å²) in [6.07, 6.45) is 14.4. The number of hydrogen-bond acceptors (Lipinski definition) is 1. The van der Waals surface area contributed by atoms with Crippen molar-refractivity contribution in [3.8, 4) is 0 Å². The van der Waals surface area contributed by atoms with Crippen molar-refractivity contribution in [1.29, 1.82) is 0 Å². The minimum absolute atomic E-state index is 0.838. The Hall–Kier alpha value is -0.0400. The zero-order chi connectivity index (χ0) is 12.1. The molecule has 0 aromatic carbocycles. The molecule has 0 heterocycles. The van der Waals surface area contributed by atoms with Gasteiger partial charge < -0.3 is 5.32 Å². The molecule has 100 valence electrons. The van der Waals surface area contributed by atoms with E-state index in [1.54, 1.807) is 0 Å². The van der Waals surface area contributed by atoms with Crippen LogP contribution in [0.3, 0.4) is 0 Å². The third kappa shape index (κ3) is 4.28. The smallest absolute Gasteiger partial charge is 0.00698 e. The summed E-state index contributed by atoms with van der Waals surface area (Å²) in [5.74, 6) is 2.00. The lowest BCUT2D eigenvalue weighted by molar-refractivity contribution is 0.276. The molecule has 0 aromatic heterocycles. The van der Waals surface area contributed by atoms with Crippen LogP contribution in [0, 0.1) is 11.8 Å². The van der Waals surface area contributed by atoms with Crippen LogP contribution in [0.4, 0.5) is 0 Å². The number of rotatable bonds is 3. The molecule has 2 fully saturated rings. The minimum Gasteiger partial charge on any atom is -0.311 e. The Kier molecular flexibility index (Phi) is 5.34. The second-order valence-corrected chi connectivity index (χ2v) is 6.60. The molecule has 2 saturated carbocycles. The van der Waals surface area contributed by atoms with Crippen molar-refractivity contribution in [1.82, 2.24) is 5.32 Å². The first kappa shape index (κ1) is 13.4. The molecule has 1 N–H and O–H groups in total. The van der Waals surface area contributed by atoms with Crippen LogP contribution in [-0.4, -0.2) is 12.1 Å². The Labute approximate surface area is 108 Å². The van der Waals surface area contributed by atoms with Crippen molar-refractivity contribution in [2.45, 2.75) is 90.1 Å². The van der Waals surface area contributed by atoms with Crippen LogP contribution in [0.15, 0.2) is 0 Å². The lowest BCUT2D eigenvalue weighted by Crippen LogP contribution is -2.40. The van der Waals surface area contributed by atoms with Gasteiger partial charge >= 0.3 is 0 Å². The molecule has 0 radical (unpaired) electrons. The van der Waals surface area contributed by atoms with Gasteiger partial charge in [-0.2, -0.15) is 0 Å². The molecule has 2 aliphatic rings. The van der Waals surface area contributed by atoms with Crippen molar-refractivity contribution in [3.63, 3.8) is 0 Å². The molecule has 0 spiro atoms. The maximum absolute atomic E-state index is 3.96. The van der Waals surface area contributed by atoms with Crippen LogP contribution in [-0.2, 0) is 0 Å². The maximum Gasteiger partial charge on any atom is 0.00698 e. The predicted molar refractivity (Wildman–Crippen MR) is 75.2 cm³/mol. The average molecular weight is 237 g/mol. The maximum atomic E-state index is 3.96. The quantitative estimate of drug-likeness (QED) is 0.712. The molecule has 2 atom stereocenters. The molecule has 0 aliphatic heterocycles. The first-order chi connectivity index (χ1) is 8.28. The van der Waals surface area contributed by atoms with Crippen molar-refractivity contribution >= 4 is 0 Å². The van der Waals surface area contributed by atoms with E-state index in [0.717, 1.165) is 23.9 Å². The van der Waals surface area contributed by atoms with E-state index in [-0.39, 0.29) is 0 Å². The van der Waals surface area contributed by atoms with Crippen LogP contribution in [0.5, 0.6) is 0 Å². The van der Waals surface area contributed by atoms with E-state index >= 15 is 0 Å². The summed E-state index contributed by atoms with van der Waals surface area (Å²) in [5, 5.41) is 3.96. The Balaban J connectivity index is 1.71. The summed E-state index contributed by atoms with van der Waals surface area (Å²) in [4.78, 5) is 0. The minimum atomic E-state index is 0.838. The van der Waals surface area contributed by atoms with Crippen LogP contribution in [0.2, 0.25) is 0 Å². The van der Waals surface area contributed by atoms with Gasteiger partial charge in [-0.25, -0.2) is 0 Å². The highest BCUT2D eigenvalue weighted by Gasteiger charge is 2.23. The van der Waals surface area contributed by atoms with Crippen molar-refractivity contribution in [2.24, 2.45) is 11.8 Å². The topological polar surface area (TPSA) is 12.0 Å². The second kappa shape index (κ2) is 6.78. The highest BCUT2D eigenvalue weighted by molar-refractivity contribution is 4.81. The zero-order valence-electron chi connectivity index (χ0n) is 11.9. The predicted octanol–water partition coefficient (Wildman–Crippen LogP) is 4.51. The third-order valence-corrected chi connectivity index (χ3v) is 5.15. The van der Waals surface area contributed by atoms with E-state index in [4.69, 9.17) is 0 Å². The Morgan fingerprint density at radius 2 is 1.47 bits per heavy atom. The molecule has 2 aliphatic carbocycles. The van der Waals surface area contributed by atoms with Crippen LogP contribution < -0.4 is 5.32 Å². The number of nitrogens with one attached hydrogen (secondary N) is 1. The van der Waals surface area contributed by atoms with Gasteiger partial charge in [0.2, 0.25) is 0 Å². The molecule has 0 aromatic rings. The lowest BCUT2D eigenvalue weighted by Gasteiger charge is -2.30. The molecule has 2 rings (SSSR count). The lowest BCUT2D eigenvalue weighted by atomic mass is 9.87. The Morgan fingerprint density at radius 1 is 0.824 bits per heavy atom. The number of hydrogen-bond donors (Lipinski definition) is 1. The summed E-state index contributed by atoms with van der Waals surface area (Å²) < 4.78 is 0. The summed E-state index contributed by atoms with van der Waals surface area (Å²) >= 11 is 0. The molecule has 1 nitrogen and oxygen atoms in total. The van der Waals surface area contributed by atoms with Gasteiger partial charge in [-0.05, 0) is 56.8 Å². The monoisotopic (exact) mass is 237 g/mol. The van der Waals surface area contributed by atoms with Gasteiger partial charge in [0, 0.05) is 12.1 Å². The van der Waals surface area contributed by atoms with Crippen LogP contribution in [0.25, 0.3) is 0 Å². The van der Waals surface area contributed by atoms with Crippen molar-refractivity contribution in [3.05, 3.63) is 0 Å². The first-order valence-electron chi connectivity index (χ1n) is 8.04. The fourth-order valence-electron chi connectivity index (χ4n) is 3.71. The fraction of sp³-hybridized carbons (Fsp3) is 1.00. The van der Waals surface area contributed by atoms with Gasteiger partial charge in [-0.1, -0.05) is 33.1 Å². The second-order valence-electron chi connectivity index (χ2n) is 6.60. The van der Waals surface area contributed by atoms with Crippen LogP contribution >= 0.6 is 0 Å². The molecule has 0 saturated heterocycles. The van der Waals surface area contributed by atoms with E-state index in [2.05, 4.69) is 19.2 Å². The van der Waals surface area contributed by atoms with E-state index in [9.17, 15) is 0 Å². The van der Waals surface area contributed by atoms with Crippen molar-refractivity contribution < 1.29 is 0 Å². The Bertz CT molecular complexity index is 206. The first-order valence-corrected chi connectivity index (χ1v) is 8.04. The molecule has 0 bridgehead atoms. The standard InChI is InChI=1S/C16H31N/c1-3-14-5-4-6-15(12-9-14)17-16-10-7-13(2)8-11-16/h13-17H,3-12H2,1-2H3. The molecule has 1 heteroatoms. The van der Waals surface area contributed by atoms with E-state index < -0.39 is 0 Å². The summed E-state index contributed by atoms with van der Waals surface area (Å²) in [7, 11) is 0. The normalized spacial score (nSPS) is 39.9. The van der Waals surface area contributed by atoms with Gasteiger partial charge in [0.05, 0.1) is 0 Å². The summed E-state index contributed by atoms with van der Waals surface area (Å²) in [5.41, 5.74) is 0. The zero-order valence-corrected chi connectivity index (χ0v) is 11.9. The SMILES string of the molecule is CCC1CCCC(NC2CCC(C)CC2)CC1. The third-order valence-electron chi connectivity index (χ3n) is 5.15. The van der Waals surface area contributed by atoms with Gasteiger partial charge in [-0.15, -0.1) is 0 Å². The van der Waals surface area contributed by atoms with Gasteiger partial charge in [0.25, 0.3) is 0 Å². The summed E-state index contributed by atoms with van der Waals surface area (Å²) in [6.45, 7) is 4.77. The van der Waals surface area contributed by atoms with E-state index in [0.29, 0.717) is 0 Å². The fourth-order valence-corrected chi connectivity index (χ4v) is 3.71. The summed E-state index contributed by atoms with van der Waals surface area (Å²) in [6, 6.07) is 1.68. The van der Waals surface area contributed by atoms with E-state index in [1.165, 1.54) is 64.2 Å². The molecule has 2 unspecified atom stereocenters. The Morgan fingerprint density at radius 3 is 2.18 bits per heavy atom. The van der Waals surface area contributed by atoms with Gasteiger partial charge in [-0.3, -0.25) is 0 Å². The van der Waals surface area contributed by atoms with Crippen LogP contribution in [0.1, 0.15) is 78.1 Å². The molecule has 0 amide bonds. The molecular weight excluding hydrogens is 206 g/mol.